The van der Waals surface area contributed by atoms with Crippen LogP contribution in [0.3, 0.4) is 0 Å². The molecule has 0 aliphatic heterocycles. The van der Waals surface area contributed by atoms with Gasteiger partial charge in [-0.25, -0.2) is 0 Å². The van der Waals surface area contributed by atoms with Gasteiger partial charge in [0, 0.05) is 12.5 Å². The fraction of sp³-hybridized carbons (Fsp3) is 0.750. The van der Waals surface area contributed by atoms with Gasteiger partial charge in [-0.2, -0.15) is 0 Å². The van der Waals surface area contributed by atoms with E-state index in [2.05, 4.69) is 4.99 Å². The van der Waals surface area contributed by atoms with E-state index in [9.17, 15) is 4.79 Å². The molecular weight excluding hydrogens is 126 g/mol. The number of hydrogen-bond donors (Lipinski definition) is 0. The molecule has 0 aliphatic carbocycles. The van der Waals surface area contributed by atoms with Crippen molar-refractivity contribution in [1.29, 1.82) is 0 Å². The van der Waals surface area contributed by atoms with Crippen molar-refractivity contribution < 1.29 is 4.79 Å². The molecule has 0 aromatic rings. The fourth-order valence-electron chi connectivity index (χ4n) is 0.644. The van der Waals surface area contributed by atoms with Gasteiger partial charge in [0.2, 0.25) is 0 Å². The molecule has 0 bridgehead atoms. The van der Waals surface area contributed by atoms with Gasteiger partial charge in [-0.1, -0.05) is 20.8 Å². The van der Waals surface area contributed by atoms with Crippen LogP contribution in [-0.2, 0) is 4.79 Å². The highest BCUT2D eigenvalue weighted by Crippen LogP contribution is 2.14. The van der Waals surface area contributed by atoms with E-state index in [0.717, 1.165) is 0 Å². The van der Waals surface area contributed by atoms with Crippen LogP contribution in [0.4, 0.5) is 0 Å². The van der Waals surface area contributed by atoms with E-state index >= 15 is 0 Å². The van der Waals surface area contributed by atoms with Crippen LogP contribution in [0, 0.1) is 5.41 Å². The number of hydrogen-bond acceptors (Lipinski definition) is 2. The summed E-state index contributed by atoms with van der Waals surface area (Å²) in [4.78, 5) is 15.1. The lowest BCUT2D eigenvalue weighted by Gasteiger charge is -2.15. The van der Waals surface area contributed by atoms with E-state index in [1.807, 2.05) is 20.8 Å². The zero-order valence-corrected chi connectivity index (χ0v) is 7.36. The summed E-state index contributed by atoms with van der Waals surface area (Å²) in [6.07, 6.45) is 0. The van der Waals surface area contributed by atoms with Crippen molar-refractivity contribution in [2.45, 2.75) is 27.7 Å². The zero-order chi connectivity index (χ0) is 8.36. The van der Waals surface area contributed by atoms with Gasteiger partial charge in [0.05, 0.1) is 5.71 Å². The van der Waals surface area contributed by atoms with Gasteiger partial charge in [-0.05, 0) is 6.92 Å². The van der Waals surface area contributed by atoms with Crippen molar-refractivity contribution in [3.63, 3.8) is 0 Å². The molecule has 0 aliphatic rings. The molecule has 0 amide bonds. The lowest BCUT2D eigenvalue weighted by atomic mass is 9.88. The first-order valence-corrected chi connectivity index (χ1v) is 3.37. The quantitative estimate of drug-likeness (QED) is 0.511. The molecule has 0 N–H and O–H groups in total. The Labute approximate surface area is 62.4 Å². The second kappa shape index (κ2) is 2.95. The zero-order valence-electron chi connectivity index (χ0n) is 7.36. The molecule has 0 heterocycles. The summed E-state index contributed by atoms with van der Waals surface area (Å²) in [6, 6.07) is 0. The number of ketones is 1. The largest absolute Gasteiger partial charge is 0.292 e. The van der Waals surface area contributed by atoms with Crippen molar-refractivity contribution in [3.8, 4) is 0 Å². The standard InChI is InChI=1S/C8H15NO/c1-6(9-5)7(10)8(2,3)4/h1-5H3. The van der Waals surface area contributed by atoms with Gasteiger partial charge in [0.25, 0.3) is 0 Å². The Morgan fingerprint density at radius 2 is 1.70 bits per heavy atom. The monoisotopic (exact) mass is 141 g/mol. The Kier molecular flexibility index (Phi) is 2.76. The topological polar surface area (TPSA) is 29.4 Å². The maximum atomic E-state index is 11.3. The second-order valence-electron chi connectivity index (χ2n) is 3.39. The summed E-state index contributed by atoms with van der Waals surface area (Å²) in [5, 5.41) is 0. The number of aliphatic imine (C=N–C) groups is 1. The van der Waals surface area contributed by atoms with Crippen LogP contribution in [0.1, 0.15) is 27.7 Å². The van der Waals surface area contributed by atoms with Crippen LogP contribution in [0.25, 0.3) is 0 Å². The van der Waals surface area contributed by atoms with Crippen LogP contribution in [-0.4, -0.2) is 18.5 Å². The van der Waals surface area contributed by atoms with Crippen LogP contribution >= 0.6 is 0 Å². The molecule has 0 aromatic carbocycles. The van der Waals surface area contributed by atoms with Crippen LogP contribution in [0.5, 0.6) is 0 Å². The molecule has 2 heteroatoms. The first kappa shape index (κ1) is 9.34. The predicted octanol–water partition coefficient (Wildman–Crippen LogP) is 1.69. The molecule has 0 fully saturated rings. The van der Waals surface area contributed by atoms with E-state index < -0.39 is 0 Å². The molecule has 0 aromatic heterocycles. The van der Waals surface area contributed by atoms with Crippen molar-refractivity contribution >= 4 is 11.5 Å². The van der Waals surface area contributed by atoms with E-state index in [0.29, 0.717) is 5.71 Å². The summed E-state index contributed by atoms with van der Waals surface area (Å²) in [7, 11) is 1.64. The smallest absolute Gasteiger partial charge is 0.181 e. The van der Waals surface area contributed by atoms with E-state index in [1.54, 1.807) is 14.0 Å². The molecule has 0 unspecified atom stereocenters. The molecular formula is C8H15NO. The number of nitrogens with zero attached hydrogens (tertiary/aromatic N) is 1. The maximum absolute atomic E-state index is 11.3. The van der Waals surface area contributed by atoms with Gasteiger partial charge >= 0.3 is 0 Å². The molecule has 2 nitrogen and oxygen atoms in total. The maximum Gasteiger partial charge on any atom is 0.181 e. The summed E-state index contributed by atoms with van der Waals surface area (Å²) in [6.45, 7) is 7.42. The minimum absolute atomic E-state index is 0.120. The first-order valence-electron chi connectivity index (χ1n) is 3.37. The lowest BCUT2D eigenvalue weighted by molar-refractivity contribution is -0.119. The number of rotatable bonds is 1. The molecule has 0 saturated heterocycles. The number of carbonyl (C=O) groups is 1. The predicted molar refractivity (Wildman–Crippen MR) is 43.5 cm³/mol. The average Bonchev–Trinajstić information content (AvgIpc) is 1.83. The molecule has 0 spiro atoms. The summed E-state index contributed by atoms with van der Waals surface area (Å²) < 4.78 is 0. The van der Waals surface area contributed by atoms with Crippen LogP contribution in [0.15, 0.2) is 4.99 Å². The summed E-state index contributed by atoms with van der Waals surface area (Å²) >= 11 is 0. The first-order chi connectivity index (χ1) is 4.39. The lowest BCUT2D eigenvalue weighted by Crippen LogP contribution is -2.26. The van der Waals surface area contributed by atoms with Crippen LogP contribution < -0.4 is 0 Å². The summed E-state index contributed by atoms with van der Waals surface area (Å²) in [5.41, 5.74) is 0.316. The van der Waals surface area contributed by atoms with Crippen molar-refractivity contribution in [2.75, 3.05) is 7.05 Å². The minimum Gasteiger partial charge on any atom is -0.292 e. The van der Waals surface area contributed by atoms with E-state index in [1.165, 1.54) is 0 Å². The normalized spacial score (nSPS) is 13.5. The Bertz CT molecular complexity index is 163. The molecule has 58 valence electrons. The number of carbonyl (C=O) groups excluding carboxylic acids is 1. The van der Waals surface area contributed by atoms with Gasteiger partial charge in [0.15, 0.2) is 5.78 Å². The van der Waals surface area contributed by atoms with Crippen LogP contribution in [0.2, 0.25) is 0 Å². The van der Waals surface area contributed by atoms with Crippen molar-refractivity contribution in [2.24, 2.45) is 10.4 Å². The Morgan fingerprint density at radius 3 is 1.80 bits per heavy atom. The third-order valence-corrected chi connectivity index (χ3v) is 1.35. The minimum atomic E-state index is -0.288. The molecule has 0 saturated carbocycles. The van der Waals surface area contributed by atoms with E-state index in [-0.39, 0.29) is 11.2 Å². The summed E-state index contributed by atoms with van der Waals surface area (Å²) in [5.74, 6) is 0.120. The SMILES string of the molecule is CN=C(C)C(=O)C(C)(C)C. The Morgan fingerprint density at radius 1 is 1.30 bits per heavy atom. The molecule has 10 heavy (non-hydrogen) atoms. The molecule has 0 atom stereocenters. The van der Waals surface area contributed by atoms with E-state index in [4.69, 9.17) is 0 Å². The second-order valence-corrected chi connectivity index (χ2v) is 3.39. The van der Waals surface area contributed by atoms with Gasteiger partial charge in [0.1, 0.15) is 0 Å². The third-order valence-electron chi connectivity index (χ3n) is 1.35. The average molecular weight is 141 g/mol. The highest BCUT2D eigenvalue weighted by atomic mass is 16.1. The third kappa shape index (κ3) is 2.29. The Hall–Kier alpha value is -0.660. The molecule has 0 rings (SSSR count). The Balaban J connectivity index is 4.39. The number of Topliss-reactive ketones (excluding diaryl/α,β-unsaturated/α-hetero) is 1. The van der Waals surface area contributed by atoms with Crippen molar-refractivity contribution in [3.05, 3.63) is 0 Å². The van der Waals surface area contributed by atoms with Gasteiger partial charge in [-0.3, -0.25) is 9.79 Å². The highest BCUT2D eigenvalue weighted by molar-refractivity contribution is 6.40. The fourth-order valence-corrected chi connectivity index (χ4v) is 0.644. The molecule has 0 radical (unpaired) electrons. The van der Waals surface area contributed by atoms with Gasteiger partial charge < -0.3 is 0 Å². The van der Waals surface area contributed by atoms with Gasteiger partial charge in [-0.15, -0.1) is 0 Å². The highest BCUT2D eigenvalue weighted by Gasteiger charge is 2.22. The van der Waals surface area contributed by atoms with Crippen molar-refractivity contribution in [1.82, 2.24) is 0 Å².